The van der Waals surface area contributed by atoms with Crippen molar-refractivity contribution in [3.63, 3.8) is 0 Å². The molecule has 8 rings (SSSR count). The van der Waals surface area contributed by atoms with Crippen LogP contribution in [0.2, 0.25) is 5.02 Å². The highest BCUT2D eigenvalue weighted by molar-refractivity contribution is 7.92. The number of anilines is 3. The molecule has 0 spiro atoms. The Hall–Kier alpha value is -5.44. The highest BCUT2D eigenvalue weighted by atomic mass is 35.5. The Bertz CT molecular complexity index is 2630. The summed E-state index contributed by atoms with van der Waals surface area (Å²) in [6, 6.07) is 5.60. The summed E-state index contributed by atoms with van der Waals surface area (Å²) in [4.78, 5) is 31.1. The number of amides is 2. The minimum atomic E-state index is -5.09. The Morgan fingerprint density at radius 3 is 2.46 bits per heavy atom. The van der Waals surface area contributed by atoms with Crippen LogP contribution in [0.4, 0.5) is 48.1 Å². The van der Waals surface area contributed by atoms with Crippen molar-refractivity contribution in [1.82, 2.24) is 29.9 Å². The molecule has 2 aromatic carbocycles. The zero-order chi connectivity index (χ0) is 40.9. The molecule has 0 saturated heterocycles. The summed E-state index contributed by atoms with van der Waals surface area (Å²) in [5, 5.41) is 16.1. The number of carbonyl (C=O) groups is 2. The lowest BCUT2D eigenvalue weighted by molar-refractivity contribution is -0.144. The number of rotatable bonds is 9. The number of hydrogen-bond donors (Lipinski definition) is 4. The third-order valence-electron chi connectivity index (χ3n) is 10.3. The van der Waals surface area contributed by atoms with Crippen LogP contribution in [0.15, 0.2) is 36.4 Å². The maximum absolute atomic E-state index is 15.6. The van der Waals surface area contributed by atoms with Crippen molar-refractivity contribution in [2.75, 3.05) is 28.2 Å². The molecular formula is C35H29ClF7N9O4S. The Morgan fingerprint density at radius 2 is 1.81 bits per heavy atom. The number of nitrogens with one attached hydrogen (secondary N) is 4. The molecule has 2 aliphatic carbocycles. The summed E-state index contributed by atoms with van der Waals surface area (Å²) >= 11 is 6.56. The Morgan fingerprint density at radius 1 is 1.09 bits per heavy atom. The molecule has 4 heterocycles. The van der Waals surface area contributed by atoms with Crippen molar-refractivity contribution in [3.8, 4) is 11.1 Å². The van der Waals surface area contributed by atoms with Crippen molar-refractivity contribution in [3.05, 3.63) is 81.3 Å². The normalized spacial score (nSPS) is 18.9. The highest BCUT2D eigenvalue weighted by Gasteiger charge is 2.63. The second-order valence-electron chi connectivity index (χ2n) is 14.2. The van der Waals surface area contributed by atoms with Gasteiger partial charge in [-0.15, -0.1) is 0 Å². The molecule has 1 fully saturated rings. The van der Waals surface area contributed by atoms with E-state index in [1.165, 1.54) is 29.9 Å². The minimum absolute atomic E-state index is 0.00611. The number of carbonyl (C=O) groups excluding carboxylic acids is 2. The fourth-order valence-corrected chi connectivity index (χ4v) is 8.69. The maximum atomic E-state index is 15.6. The molecule has 0 radical (unpaired) electrons. The summed E-state index contributed by atoms with van der Waals surface area (Å²) in [7, 11) is -2.38. The number of benzene rings is 2. The second-order valence-corrected chi connectivity index (χ2v) is 16.3. The van der Waals surface area contributed by atoms with Crippen LogP contribution in [0, 0.1) is 17.6 Å². The molecule has 4 N–H and O–H groups in total. The van der Waals surface area contributed by atoms with Crippen LogP contribution in [0.25, 0.3) is 22.0 Å². The third kappa shape index (κ3) is 6.78. The van der Waals surface area contributed by atoms with Gasteiger partial charge in [-0.1, -0.05) is 17.7 Å². The lowest BCUT2D eigenvalue weighted by Crippen LogP contribution is -2.37. The largest absolute Gasteiger partial charge is 0.435 e. The van der Waals surface area contributed by atoms with E-state index >= 15 is 8.78 Å². The summed E-state index contributed by atoms with van der Waals surface area (Å²) < 4.78 is 131. The van der Waals surface area contributed by atoms with Gasteiger partial charge in [-0.3, -0.25) is 23.7 Å². The number of pyridine rings is 1. The average molecular weight is 840 g/mol. The molecule has 3 aromatic heterocycles. The number of aromatic nitrogens is 5. The lowest BCUT2D eigenvalue weighted by atomic mass is 9.73. The van der Waals surface area contributed by atoms with Gasteiger partial charge in [-0.05, 0) is 55.0 Å². The molecule has 0 bridgehead atoms. The second kappa shape index (κ2) is 13.3. The van der Waals surface area contributed by atoms with Gasteiger partial charge in [0.1, 0.15) is 23.9 Å². The minimum Gasteiger partial charge on any atom is -0.359 e. The van der Waals surface area contributed by atoms with Crippen LogP contribution in [0.3, 0.4) is 0 Å². The van der Waals surface area contributed by atoms with Crippen molar-refractivity contribution in [2.45, 2.75) is 49.9 Å². The van der Waals surface area contributed by atoms with Crippen LogP contribution < -0.4 is 20.7 Å². The number of nitrogens with zero attached hydrogens (tertiary/aromatic N) is 5. The van der Waals surface area contributed by atoms with Gasteiger partial charge in [0, 0.05) is 35.7 Å². The molecular weight excluding hydrogens is 811 g/mol. The van der Waals surface area contributed by atoms with Crippen molar-refractivity contribution in [2.24, 2.45) is 13.0 Å². The van der Waals surface area contributed by atoms with Crippen LogP contribution in [-0.4, -0.2) is 57.6 Å². The van der Waals surface area contributed by atoms with E-state index in [0.717, 1.165) is 18.4 Å². The molecule has 2 amide bonds. The Balaban J connectivity index is 1.28. The topological polar surface area (TPSA) is 165 Å². The van der Waals surface area contributed by atoms with E-state index in [4.69, 9.17) is 16.6 Å². The molecule has 300 valence electrons. The first-order valence-electron chi connectivity index (χ1n) is 17.2. The van der Waals surface area contributed by atoms with Crippen LogP contribution in [0.5, 0.6) is 0 Å². The number of hydrogen-bond acceptors (Lipinski definition) is 8. The number of alkyl halides is 5. The standard InChI is InChI=1S/C35H29ClF7N9O4S/c1-51-29-17(4-6-21(36)27(29)33(49-51)50-57(2,55)56)19-11-23-32(44-12-24(53)46-23)47-28(19)22(9-14-7-15(37)10-16(38)8-14)45-25(54)13-52-31-26(30(48-52)35(41,42)43)18-3-5-20(18)34(31,39)40/h4,6-8,10-11,18,20,22H,3,5,9,12-13H2,1-2H3,(H,44,47)(H,45,54)(H,46,53)(H,49,50)/t18-,20+,22-/m0/s1. The van der Waals surface area contributed by atoms with E-state index in [0.29, 0.717) is 10.7 Å². The summed E-state index contributed by atoms with van der Waals surface area (Å²) in [5.74, 6) is -9.68. The van der Waals surface area contributed by atoms with Crippen molar-refractivity contribution in [1.29, 1.82) is 0 Å². The van der Waals surface area contributed by atoms with Gasteiger partial charge in [-0.2, -0.15) is 32.1 Å². The van der Waals surface area contributed by atoms with E-state index in [1.807, 2.05) is 0 Å². The van der Waals surface area contributed by atoms with E-state index in [2.05, 4.69) is 30.9 Å². The number of halogens is 8. The van der Waals surface area contributed by atoms with Gasteiger partial charge in [0.15, 0.2) is 17.3 Å². The van der Waals surface area contributed by atoms with E-state index in [-0.39, 0.29) is 75.0 Å². The predicted molar refractivity (Wildman–Crippen MR) is 192 cm³/mol. The molecule has 22 heteroatoms. The van der Waals surface area contributed by atoms with Gasteiger partial charge >= 0.3 is 6.18 Å². The van der Waals surface area contributed by atoms with E-state index < -0.39 is 93.4 Å². The van der Waals surface area contributed by atoms with Gasteiger partial charge in [0.2, 0.25) is 21.8 Å². The molecule has 1 saturated carbocycles. The predicted octanol–water partition coefficient (Wildman–Crippen LogP) is 6.22. The fourth-order valence-electron chi connectivity index (χ4n) is 7.95. The lowest BCUT2D eigenvalue weighted by Gasteiger charge is -2.34. The quantitative estimate of drug-likeness (QED) is 0.127. The summed E-state index contributed by atoms with van der Waals surface area (Å²) in [5.41, 5.74) is -2.35. The zero-order valence-corrected chi connectivity index (χ0v) is 31.1. The molecule has 3 atom stereocenters. The first kappa shape index (κ1) is 38.4. The highest BCUT2D eigenvalue weighted by Crippen LogP contribution is 2.64. The Labute approximate surface area is 323 Å². The zero-order valence-electron chi connectivity index (χ0n) is 29.5. The van der Waals surface area contributed by atoms with Crippen molar-refractivity contribution < 1.29 is 48.7 Å². The Kier molecular flexibility index (Phi) is 8.98. The number of sulfonamides is 1. The molecule has 1 aliphatic heterocycles. The van der Waals surface area contributed by atoms with Gasteiger partial charge < -0.3 is 16.0 Å². The number of aryl methyl sites for hydroxylation is 1. The first-order valence-corrected chi connectivity index (χ1v) is 19.5. The van der Waals surface area contributed by atoms with E-state index in [9.17, 15) is 40.0 Å². The summed E-state index contributed by atoms with van der Waals surface area (Å²) in [6.07, 6.45) is -4.50. The van der Waals surface area contributed by atoms with Crippen LogP contribution in [-0.2, 0) is 51.7 Å². The van der Waals surface area contributed by atoms with E-state index in [1.54, 1.807) is 0 Å². The van der Waals surface area contributed by atoms with Gasteiger partial charge in [-0.25, -0.2) is 22.2 Å². The molecule has 13 nitrogen and oxygen atoms in total. The molecule has 57 heavy (non-hydrogen) atoms. The molecule has 5 aromatic rings. The van der Waals surface area contributed by atoms with Gasteiger partial charge in [0.05, 0.1) is 46.1 Å². The number of fused-ring (bicyclic) bond motifs is 5. The molecule has 3 aliphatic rings. The van der Waals surface area contributed by atoms with Crippen molar-refractivity contribution >= 4 is 61.7 Å². The average Bonchev–Trinajstić information content (AvgIpc) is 3.64. The first-order chi connectivity index (χ1) is 26.7. The molecule has 0 unspecified atom stereocenters. The SMILES string of the molecule is Cn1nc(NS(C)(=O)=O)c2c(Cl)ccc(-c3cc4c(nc3[C@H](Cc3cc(F)cc(F)c3)NC(=O)Cn3nc(C(F)(F)F)c5c3C(F)(F)[C@@H]3CC[C@H]53)NCC(=O)N4)c21. The van der Waals surface area contributed by atoms with Gasteiger partial charge in [0.25, 0.3) is 5.92 Å². The fraction of sp³-hybridized carbons (Fsp3) is 0.343. The van der Waals surface area contributed by atoms with Crippen LogP contribution >= 0.6 is 11.6 Å². The maximum Gasteiger partial charge on any atom is 0.435 e. The van der Waals surface area contributed by atoms with Crippen LogP contribution in [0.1, 0.15) is 53.0 Å². The smallest absolute Gasteiger partial charge is 0.359 e. The monoisotopic (exact) mass is 839 g/mol. The third-order valence-corrected chi connectivity index (χ3v) is 11.1. The summed E-state index contributed by atoms with van der Waals surface area (Å²) in [6.45, 7) is -1.32.